The first kappa shape index (κ1) is 23.3. The van der Waals surface area contributed by atoms with Crippen LogP contribution >= 0.6 is 7.92 Å². The van der Waals surface area contributed by atoms with Crippen LogP contribution in [0.1, 0.15) is 32.3 Å². The van der Waals surface area contributed by atoms with Gasteiger partial charge in [-0.15, -0.1) is 0 Å². The number of benzene rings is 3. The van der Waals surface area contributed by atoms with E-state index in [1.165, 1.54) is 23.1 Å². The van der Waals surface area contributed by atoms with Crippen molar-refractivity contribution in [1.82, 2.24) is 0 Å². The second kappa shape index (κ2) is 11.9. The van der Waals surface area contributed by atoms with E-state index in [1.807, 2.05) is 0 Å². The molecule has 2 aliphatic rings. The first-order chi connectivity index (χ1) is 15.7. The average molecular weight is 601 g/mol. The van der Waals surface area contributed by atoms with Gasteiger partial charge in [0.25, 0.3) is 0 Å². The maximum Gasteiger partial charge on any atom is -0.0238 e. The Morgan fingerprint density at radius 1 is 0.781 bits per heavy atom. The van der Waals surface area contributed by atoms with Crippen molar-refractivity contribution in [2.24, 2.45) is 0 Å². The SMILES string of the molecule is CP(C)C1=Cc2ccccc2[CH]1[Hf][C]1=CC=CC1.c1ccc(CCc2ccccc2)cc1. The van der Waals surface area contributed by atoms with Gasteiger partial charge in [0.15, 0.2) is 0 Å². The number of rotatable bonds is 6. The molecule has 0 fully saturated rings. The molecule has 0 nitrogen and oxygen atoms in total. The zero-order valence-corrected chi connectivity index (χ0v) is 23.5. The van der Waals surface area contributed by atoms with E-state index < -0.39 is 22.9 Å². The molecule has 0 N–H and O–H groups in total. The van der Waals surface area contributed by atoms with Crippen molar-refractivity contribution in [3.05, 3.63) is 134 Å². The van der Waals surface area contributed by atoms with Crippen LogP contribution < -0.4 is 0 Å². The minimum atomic E-state index is -0.745. The summed E-state index contributed by atoms with van der Waals surface area (Å²) in [6.07, 6.45) is 12.9. The molecule has 0 aromatic heterocycles. The van der Waals surface area contributed by atoms with Crippen LogP contribution in [-0.4, -0.2) is 13.3 Å². The van der Waals surface area contributed by atoms with E-state index in [-0.39, 0.29) is 7.92 Å². The van der Waals surface area contributed by atoms with E-state index in [2.05, 4.69) is 123 Å². The Morgan fingerprint density at radius 3 is 1.94 bits per heavy atom. The normalized spacial score (nSPS) is 16.2. The number of fused-ring (bicyclic) bond motifs is 1. The second-order valence-electron chi connectivity index (χ2n) is 8.47. The van der Waals surface area contributed by atoms with Crippen molar-refractivity contribution >= 4 is 14.0 Å². The van der Waals surface area contributed by atoms with Crippen LogP contribution in [0.4, 0.5) is 0 Å². The molecule has 0 saturated heterocycles. The molecule has 3 aromatic rings. The average Bonchev–Trinajstić information content (AvgIpc) is 3.48. The standard InChI is InChI=1S/C14H14.C11H12P.C5H5.Hf/c1-3-7-13(8-4-1)11-12-14-9-5-2-6-10-14;1-12(2)11-7-9-5-3-4-6-10(9)8-11;1-2-4-5-3-1;/h1-10H,11-12H2;3-8H,1-2H3;1-3H,4H2;. The van der Waals surface area contributed by atoms with Gasteiger partial charge < -0.3 is 0 Å². The first-order valence-electron chi connectivity index (χ1n) is 11.4. The van der Waals surface area contributed by atoms with Gasteiger partial charge in [0.1, 0.15) is 0 Å². The van der Waals surface area contributed by atoms with E-state index in [0.29, 0.717) is 0 Å². The largest absolute Gasteiger partial charge is 0.0622 e. The number of hydrogen-bond acceptors (Lipinski definition) is 0. The fourth-order valence-electron chi connectivity index (χ4n) is 4.16. The van der Waals surface area contributed by atoms with Crippen LogP contribution in [-0.2, 0) is 35.7 Å². The zero-order valence-electron chi connectivity index (χ0n) is 19.0. The summed E-state index contributed by atoms with van der Waals surface area (Å²) < 4.78 is 2.60. The molecule has 2 aliphatic carbocycles. The summed E-state index contributed by atoms with van der Waals surface area (Å²) in [6.45, 7) is 4.81. The van der Waals surface area contributed by atoms with Crippen LogP contribution in [0.5, 0.6) is 0 Å². The van der Waals surface area contributed by atoms with E-state index >= 15 is 0 Å². The van der Waals surface area contributed by atoms with E-state index in [1.54, 1.807) is 14.2 Å². The second-order valence-corrected chi connectivity index (χ2v) is 16.2. The molecule has 0 heterocycles. The van der Waals surface area contributed by atoms with Crippen LogP contribution in [0.15, 0.2) is 112 Å². The molecule has 1 unspecified atom stereocenters. The van der Waals surface area contributed by atoms with Gasteiger partial charge in [0, 0.05) is 0 Å². The molecule has 0 amide bonds. The van der Waals surface area contributed by atoms with E-state index in [0.717, 1.165) is 16.5 Å². The predicted molar refractivity (Wildman–Crippen MR) is 138 cm³/mol. The molecule has 0 saturated carbocycles. The van der Waals surface area contributed by atoms with Crippen LogP contribution in [0.25, 0.3) is 6.08 Å². The maximum absolute atomic E-state index is 2.49. The van der Waals surface area contributed by atoms with Crippen LogP contribution in [0.3, 0.4) is 0 Å². The molecular weight excluding hydrogens is 570 g/mol. The van der Waals surface area contributed by atoms with E-state index in [9.17, 15) is 0 Å². The molecule has 0 spiro atoms. The predicted octanol–water partition coefficient (Wildman–Crippen LogP) is 8.22. The van der Waals surface area contributed by atoms with Gasteiger partial charge in [0.05, 0.1) is 0 Å². The van der Waals surface area contributed by atoms with Gasteiger partial charge in [-0.25, -0.2) is 0 Å². The van der Waals surface area contributed by atoms with Gasteiger partial charge >= 0.3 is 123 Å². The smallest absolute Gasteiger partial charge is 0.0238 e. The molecule has 160 valence electrons. The summed E-state index contributed by atoms with van der Waals surface area (Å²) in [5.74, 6) is 0. The number of allylic oxidation sites excluding steroid dienone is 5. The quantitative estimate of drug-likeness (QED) is 0.198. The van der Waals surface area contributed by atoms with Gasteiger partial charge in [0.2, 0.25) is 0 Å². The summed E-state index contributed by atoms with van der Waals surface area (Å²) in [5.41, 5.74) is 5.94. The van der Waals surface area contributed by atoms with Crippen molar-refractivity contribution in [3.63, 3.8) is 0 Å². The molecule has 5 rings (SSSR count). The van der Waals surface area contributed by atoms with Gasteiger partial charge in [-0.3, -0.25) is 0 Å². The molecule has 32 heavy (non-hydrogen) atoms. The summed E-state index contributed by atoms with van der Waals surface area (Å²) in [6, 6.07) is 30.3. The maximum atomic E-state index is 2.49. The van der Waals surface area contributed by atoms with E-state index in [4.69, 9.17) is 0 Å². The number of aryl methyl sites for hydroxylation is 2. The summed E-state index contributed by atoms with van der Waals surface area (Å²) in [5, 5.41) is 1.75. The molecule has 0 bridgehead atoms. The summed E-state index contributed by atoms with van der Waals surface area (Å²) in [4.78, 5) is 0. The van der Waals surface area contributed by atoms with Gasteiger partial charge in [-0.1, -0.05) is 60.7 Å². The minimum Gasteiger partial charge on any atom is -0.0622 e. The molecule has 1 atom stereocenters. The van der Waals surface area contributed by atoms with Gasteiger partial charge in [-0.2, -0.15) is 0 Å². The summed E-state index contributed by atoms with van der Waals surface area (Å²) in [7, 11) is 0.0546. The molecule has 0 aliphatic heterocycles. The Morgan fingerprint density at radius 2 is 1.38 bits per heavy atom. The first-order valence-corrected chi connectivity index (χ1v) is 17.5. The van der Waals surface area contributed by atoms with Crippen molar-refractivity contribution in [2.45, 2.75) is 22.9 Å². The molecule has 0 radical (unpaired) electrons. The van der Waals surface area contributed by atoms with Crippen molar-refractivity contribution in [2.75, 3.05) is 13.3 Å². The number of hydrogen-bond donors (Lipinski definition) is 0. The summed E-state index contributed by atoms with van der Waals surface area (Å²) >= 11 is -0.745. The van der Waals surface area contributed by atoms with Crippen molar-refractivity contribution in [1.29, 1.82) is 0 Å². The van der Waals surface area contributed by atoms with Crippen LogP contribution in [0.2, 0.25) is 0 Å². The monoisotopic (exact) mass is 602 g/mol. The Labute approximate surface area is 206 Å². The molecule has 3 aromatic carbocycles. The van der Waals surface area contributed by atoms with Crippen molar-refractivity contribution < 1.29 is 22.9 Å². The topological polar surface area (TPSA) is 0 Å². The van der Waals surface area contributed by atoms with Crippen LogP contribution in [0, 0.1) is 0 Å². The fraction of sp³-hybridized carbons (Fsp3) is 0.200. The third-order valence-corrected chi connectivity index (χ3v) is 14.1. The molecular formula is C30H31HfP. The third kappa shape index (κ3) is 6.37. The zero-order chi connectivity index (χ0) is 22.2. The van der Waals surface area contributed by atoms with Crippen molar-refractivity contribution in [3.8, 4) is 0 Å². The Hall–Kier alpha value is -1.82. The van der Waals surface area contributed by atoms with Gasteiger partial charge in [-0.05, 0) is 24.0 Å². The third-order valence-electron chi connectivity index (χ3n) is 5.91. The Kier molecular flexibility index (Phi) is 8.66. The Balaban J connectivity index is 0.000000158. The molecule has 2 heteroatoms. The fourth-order valence-corrected chi connectivity index (χ4v) is 13.7. The minimum absolute atomic E-state index is 0.0546. The Bertz CT molecular complexity index is 1050.